The highest BCUT2D eigenvalue weighted by Gasteiger charge is 2.18. The van der Waals surface area contributed by atoms with Crippen LogP contribution >= 0.6 is 24.8 Å². The quantitative estimate of drug-likeness (QED) is 0.603. The summed E-state index contributed by atoms with van der Waals surface area (Å²) in [6, 6.07) is 3.38. The smallest absolute Gasteiger partial charge is 0.276 e. The molecule has 2 N–H and O–H groups in total. The normalized spacial score (nSPS) is 18.0. The molecule has 22 heavy (non-hydrogen) atoms. The number of hydrogen-bond donors (Lipinski definition) is 2. The van der Waals surface area contributed by atoms with E-state index in [-0.39, 0.29) is 36.9 Å². The van der Waals surface area contributed by atoms with E-state index < -0.39 is 0 Å². The van der Waals surface area contributed by atoms with E-state index in [0.717, 1.165) is 38.8 Å². The highest BCUT2D eigenvalue weighted by molar-refractivity contribution is 5.92. The number of carbonyl (C=O) groups is 1. The van der Waals surface area contributed by atoms with E-state index in [1.165, 1.54) is 6.20 Å². The van der Waals surface area contributed by atoms with Crippen molar-refractivity contribution >= 4 is 30.7 Å². The lowest BCUT2D eigenvalue weighted by atomic mass is 10.1. The minimum Gasteiger partial charge on any atom is -0.378 e. The van der Waals surface area contributed by atoms with Gasteiger partial charge >= 0.3 is 0 Å². The van der Waals surface area contributed by atoms with E-state index in [0.29, 0.717) is 12.2 Å². The summed E-state index contributed by atoms with van der Waals surface area (Å²) in [4.78, 5) is 22.7. The molecule has 126 valence electrons. The third kappa shape index (κ3) is 6.89. The van der Waals surface area contributed by atoms with Crippen LogP contribution in [0.5, 0.6) is 0 Å². The van der Waals surface area contributed by atoms with Gasteiger partial charge < -0.3 is 5.11 Å². The first kappa shape index (κ1) is 21.1. The van der Waals surface area contributed by atoms with Crippen molar-refractivity contribution in [2.24, 2.45) is 0 Å². The molecule has 1 aromatic rings. The number of nitrogens with zero attached hydrogens (tertiary/aromatic N) is 2. The summed E-state index contributed by atoms with van der Waals surface area (Å²) in [5.41, 5.74) is 2.86. The monoisotopic (exact) mass is 351 g/mol. The van der Waals surface area contributed by atoms with Gasteiger partial charge in [-0.25, -0.2) is 5.48 Å². The van der Waals surface area contributed by atoms with Gasteiger partial charge in [0.05, 0.1) is 12.2 Å². The van der Waals surface area contributed by atoms with Gasteiger partial charge in [-0.05, 0) is 37.8 Å². The molecular formula is C14H23Cl2N3O3. The van der Waals surface area contributed by atoms with Gasteiger partial charge in [-0.2, -0.15) is 0 Å². The number of amides is 1. The maximum absolute atomic E-state index is 11.6. The Morgan fingerprint density at radius 1 is 1.45 bits per heavy atom. The summed E-state index contributed by atoms with van der Waals surface area (Å²) in [6.07, 6.45) is 6.62. The third-order valence-electron chi connectivity index (χ3n) is 3.36. The zero-order valence-electron chi connectivity index (χ0n) is 12.3. The van der Waals surface area contributed by atoms with Gasteiger partial charge in [0.15, 0.2) is 0 Å². The fourth-order valence-electron chi connectivity index (χ4n) is 2.25. The van der Waals surface area contributed by atoms with Crippen molar-refractivity contribution < 1.29 is 14.7 Å². The van der Waals surface area contributed by atoms with E-state index in [2.05, 4.69) is 15.4 Å². The number of aliphatic hydroxyl groups excluding tert-OH is 1. The van der Waals surface area contributed by atoms with Crippen LogP contribution in [0.2, 0.25) is 0 Å². The van der Waals surface area contributed by atoms with Crippen LogP contribution in [0.25, 0.3) is 0 Å². The molecule has 1 saturated heterocycles. The van der Waals surface area contributed by atoms with Crippen molar-refractivity contribution in [3.05, 3.63) is 30.1 Å². The maximum Gasteiger partial charge on any atom is 0.276 e. The van der Waals surface area contributed by atoms with Crippen molar-refractivity contribution in [3.63, 3.8) is 0 Å². The van der Waals surface area contributed by atoms with Gasteiger partial charge in [0.2, 0.25) is 0 Å². The first-order valence-corrected chi connectivity index (χ1v) is 7.01. The summed E-state index contributed by atoms with van der Waals surface area (Å²) in [6.45, 7) is 2.14. The van der Waals surface area contributed by atoms with Gasteiger partial charge in [-0.3, -0.25) is 19.5 Å². The predicted molar refractivity (Wildman–Crippen MR) is 88.2 cm³/mol. The number of pyridine rings is 1. The van der Waals surface area contributed by atoms with Crippen LogP contribution in [0, 0.1) is 0 Å². The molecule has 0 spiro atoms. The van der Waals surface area contributed by atoms with Crippen molar-refractivity contribution in [1.82, 2.24) is 15.4 Å². The lowest BCUT2D eigenvalue weighted by molar-refractivity contribution is -0.0316. The molecular weight excluding hydrogens is 329 g/mol. The van der Waals surface area contributed by atoms with E-state index in [1.807, 2.05) is 0 Å². The molecule has 6 nitrogen and oxygen atoms in total. The number of nitrogens with one attached hydrogen (secondary N) is 1. The van der Waals surface area contributed by atoms with Crippen LogP contribution < -0.4 is 5.48 Å². The molecule has 1 atom stereocenters. The second-order valence-electron chi connectivity index (χ2n) is 4.89. The average molecular weight is 352 g/mol. The zero-order chi connectivity index (χ0) is 14.2. The summed E-state index contributed by atoms with van der Waals surface area (Å²) in [5.74, 6) is -0.295. The van der Waals surface area contributed by atoms with E-state index in [9.17, 15) is 9.90 Å². The van der Waals surface area contributed by atoms with E-state index in [1.54, 1.807) is 18.3 Å². The summed E-state index contributed by atoms with van der Waals surface area (Å²) in [5, 5.41) is 9.77. The second-order valence-corrected chi connectivity index (χ2v) is 4.89. The Bertz CT molecular complexity index is 423. The predicted octanol–water partition coefficient (Wildman–Crippen LogP) is 1.78. The molecule has 1 unspecified atom stereocenters. The molecule has 1 fully saturated rings. The lowest BCUT2D eigenvalue weighted by Crippen LogP contribution is -2.40. The first-order valence-electron chi connectivity index (χ1n) is 7.01. The van der Waals surface area contributed by atoms with Crippen molar-refractivity contribution in [3.8, 4) is 0 Å². The fraction of sp³-hybridized carbons (Fsp3) is 0.571. The molecule has 0 saturated carbocycles. The van der Waals surface area contributed by atoms with Crippen LogP contribution in [0.1, 0.15) is 36.0 Å². The Morgan fingerprint density at radius 2 is 2.27 bits per heavy atom. The first-order chi connectivity index (χ1) is 9.77. The highest BCUT2D eigenvalue weighted by Crippen LogP contribution is 2.14. The molecule has 2 heterocycles. The van der Waals surface area contributed by atoms with Gasteiger partial charge in [-0.1, -0.05) is 0 Å². The number of aromatic nitrogens is 1. The van der Waals surface area contributed by atoms with Gasteiger partial charge in [-0.15, -0.1) is 24.8 Å². The largest absolute Gasteiger partial charge is 0.378 e. The molecule has 1 aliphatic heterocycles. The lowest BCUT2D eigenvalue weighted by Gasteiger charge is -2.31. The van der Waals surface area contributed by atoms with E-state index in [4.69, 9.17) is 4.84 Å². The molecule has 0 aliphatic carbocycles. The Morgan fingerprint density at radius 3 is 2.95 bits per heavy atom. The number of hydroxylamine groups is 1. The van der Waals surface area contributed by atoms with Crippen molar-refractivity contribution in [1.29, 1.82) is 0 Å². The molecule has 1 aliphatic rings. The van der Waals surface area contributed by atoms with Gasteiger partial charge in [0.25, 0.3) is 5.91 Å². The number of aliphatic hydroxyl groups is 1. The second kappa shape index (κ2) is 11.6. The Hall–Kier alpha value is -0.920. The van der Waals surface area contributed by atoms with Gasteiger partial charge in [0, 0.05) is 25.5 Å². The van der Waals surface area contributed by atoms with E-state index >= 15 is 0 Å². The molecule has 8 heteroatoms. The minimum atomic E-state index is -0.325. The number of rotatable bonds is 6. The van der Waals surface area contributed by atoms with Crippen LogP contribution in [0.4, 0.5) is 0 Å². The number of hydrogen-bond acceptors (Lipinski definition) is 5. The number of piperidine rings is 1. The summed E-state index contributed by atoms with van der Waals surface area (Å²) < 4.78 is 0. The van der Waals surface area contributed by atoms with Crippen LogP contribution in [-0.4, -0.2) is 46.8 Å². The molecule has 0 aromatic carbocycles. The zero-order valence-corrected chi connectivity index (χ0v) is 13.9. The average Bonchev–Trinajstić information content (AvgIpc) is 2.49. The van der Waals surface area contributed by atoms with Crippen LogP contribution in [0.15, 0.2) is 24.5 Å². The van der Waals surface area contributed by atoms with Crippen LogP contribution in [-0.2, 0) is 4.84 Å². The summed E-state index contributed by atoms with van der Waals surface area (Å²) >= 11 is 0. The minimum absolute atomic E-state index is 0. The highest BCUT2D eigenvalue weighted by atomic mass is 35.5. The Kier molecular flexibility index (Phi) is 11.1. The Balaban J connectivity index is 0.00000220. The van der Waals surface area contributed by atoms with Crippen molar-refractivity contribution in [2.45, 2.75) is 31.9 Å². The molecule has 2 rings (SSSR count). The Labute approximate surface area is 143 Å². The SMILES string of the molecule is Cl.Cl.O=C(NOCCCN1CCCCC1O)c1cccnc1. The topological polar surface area (TPSA) is 74.7 Å². The molecule has 1 amide bonds. The van der Waals surface area contributed by atoms with Crippen LogP contribution in [0.3, 0.4) is 0 Å². The van der Waals surface area contributed by atoms with Gasteiger partial charge in [0.1, 0.15) is 6.23 Å². The summed E-state index contributed by atoms with van der Waals surface area (Å²) in [7, 11) is 0. The third-order valence-corrected chi connectivity index (χ3v) is 3.36. The maximum atomic E-state index is 11.6. The fourth-order valence-corrected chi connectivity index (χ4v) is 2.25. The standard InChI is InChI=1S/C14H21N3O3.2ClH/c18-13-6-1-2-8-17(13)9-4-10-20-16-14(19)12-5-3-7-15-11-12;;/h3,5,7,11,13,18H,1-2,4,6,8-10H2,(H,16,19);2*1H. The number of carbonyl (C=O) groups excluding carboxylic acids is 1. The number of halogens is 2. The molecule has 1 aromatic heterocycles. The molecule has 0 radical (unpaired) electrons. The van der Waals surface area contributed by atoms with Crippen molar-refractivity contribution in [2.75, 3.05) is 19.7 Å². The number of likely N-dealkylation sites (tertiary alicyclic amines) is 1. The molecule has 0 bridgehead atoms.